The minimum atomic E-state index is 0.255. The van der Waals surface area contributed by atoms with E-state index in [1.54, 1.807) is 0 Å². The number of nitrogens with one attached hydrogen (secondary N) is 2. The number of aryl methyl sites for hydroxylation is 2. The third kappa shape index (κ3) is 4.33. The van der Waals surface area contributed by atoms with Gasteiger partial charge in [-0.05, 0) is 44.4 Å². The lowest BCUT2D eigenvalue weighted by Crippen LogP contribution is -2.20. The van der Waals surface area contributed by atoms with Crippen LogP contribution in [0, 0.1) is 13.8 Å². The van der Waals surface area contributed by atoms with Gasteiger partial charge in [0.2, 0.25) is 5.95 Å². The van der Waals surface area contributed by atoms with Gasteiger partial charge in [0.15, 0.2) is 0 Å². The maximum atomic E-state index is 6.07. The van der Waals surface area contributed by atoms with E-state index in [1.165, 1.54) is 0 Å². The average molecular weight is 333 g/mol. The molecule has 1 unspecified atom stereocenters. The van der Waals surface area contributed by atoms with E-state index in [4.69, 9.17) is 16.3 Å². The fourth-order valence-electron chi connectivity index (χ4n) is 2.59. The van der Waals surface area contributed by atoms with Crippen LogP contribution in [0.25, 0.3) is 0 Å². The first-order valence-corrected chi connectivity index (χ1v) is 8.22. The van der Waals surface area contributed by atoms with Gasteiger partial charge in [0.25, 0.3) is 0 Å². The number of hydrogen-bond acceptors (Lipinski definition) is 5. The van der Waals surface area contributed by atoms with Crippen LogP contribution in [0.2, 0.25) is 5.02 Å². The molecule has 3 rings (SSSR count). The summed E-state index contributed by atoms with van der Waals surface area (Å²) in [5.74, 6) is 1.36. The highest BCUT2D eigenvalue weighted by molar-refractivity contribution is 6.30. The maximum absolute atomic E-state index is 6.07. The van der Waals surface area contributed by atoms with Crippen LogP contribution in [0.1, 0.15) is 24.1 Å². The Morgan fingerprint density at radius 2 is 2.13 bits per heavy atom. The molecule has 0 bridgehead atoms. The summed E-state index contributed by atoms with van der Waals surface area (Å²) < 4.78 is 5.61. The van der Waals surface area contributed by atoms with E-state index >= 15 is 0 Å². The van der Waals surface area contributed by atoms with Crippen LogP contribution in [0.15, 0.2) is 24.3 Å². The van der Waals surface area contributed by atoms with Crippen molar-refractivity contribution in [3.05, 3.63) is 40.5 Å². The molecular formula is C17H21ClN4O. The zero-order chi connectivity index (χ0) is 16.2. The lowest BCUT2D eigenvalue weighted by atomic mass is 10.2. The number of halogens is 1. The normalized spacial score (nSPS) is 17.3. The molecule has 1 aromatic carbocycles. The standard InChI is InChI=1S/C17H21ClN4O/c1-11-5-6-13(18)9-15(11)21-16-8-12(2)20-17(22-16)19-10-14-4-3-7-23-14/h5-6,8-9,14H,3-4,7,10H2,1-2H3,(H2,19,20,21,22). The molecule has 0 radical (unpaired) electrons. The summed E-state index contributed by atoms with van der Waals surface area (Å²) in [7, 11) is 0. The second-order valence-corrected chi connectivity index (χ2v) is 6.25. The van der Waals surface area contributed by atoms with Gasteiger partial charge < -0.3 is 15.4 Å². The van der Waals surface area contributed by atoms with Crippen LogP contribution in [-0.4, -0.2) is 29.2 Å². The van der Waals surface area contributed by atoms with E-state index in [0.29, 0.717) is 11.0 Å². The van der Waals surface area contributed by atoms with Gasteiger partial charge in [-0.1, -0.05) is 17.7 Å². The number of aromatic nitrogens is 2. The van der Waals surface area contributed by atoms with Crippen molar-refractivity contribution in [1.29, 1.82) is 0 Å². The Morgan fingerprint density at radius 1 is 1.26 bits per heavy atom. The summed E-state index contributed by atoms with van der Waals surface area (Å²) in [6, 6.07) is 7.67. The highest BCUT2D eigenvalue weighted by Crippen LogP contribution is 2.24. The molecule has 5 nitrogen and oxygen atoms in total. The summed E-state index contributed by atoms with van der Waals surface area (Å²) in [6.45, 7) is 5.57. The predicted molar refractivity (Wildman–Crippen MR) is 93.7 cm³/mol. The molecule has 1 fully saturated rings. The molecule has 6 heteroatoms. The first-order chi connectivity index (χ1) is 11.1. The lowest BCUT2D eigenvalue weighted by Gasteiger charge is -2.13. The van der Waals surface area contributed by atoms with Crippen molar-refractivity contribution in [1.82, 2.24) is 9.97 Å². The topological polar surface area (TPSA) is 59.1 Å². The fourth-order valence-corrected chi connectivity index (χ4v) is 2.76. The van der Waals surface area contributed by atoms with Crippen LogP contribution >= 0.6 is 11.6 Å². The molecule has 0 spiro atoms. The zero-order valence-electron chi connectivity index (χ0n) is 13.4. The van der Waals surface area contributed by atoms with Crippen molar-refractivity contribution in [3.8, 4) is 0 Å². The van der Waals surface area contributed by atoms with E-state index in [-0.39, 0.29) is 6.10 Å². The monoisotopic (exact) mass is 332 g/mol. The molecule has 122 valence electrons. The highest BCUT2D eigenvalue weighted by Gasteiger charge is 2.15. The number of rotatable bonds is 5. The van der Waals surface area contributed by atoms with Crippen molar-refractivity contribution >= 4 is 29.1 Å². The van der Waals surface area contributed by atoms with E-state index in [9.17, 15) is 0 Å². The Kier molecular flexibility index (Phi) is 4.98. The van der Waals surface area contributed by atoms with Crippen LogP contribution < -0.4 is 10.6 Å². The van der Waals surface area contributed by atoms with Gasteiger partial charge in [0, 0.05) is 35.6 Å². The van der Waals surface area contributed by atoms with Crippen molar-refractivity contribution in [3.63, 3.8) is 0 Å². The first kappa shape index (κ1) is 16.0. The Balaban J connectivity index is 1.72. The fraction of sp³-hybridized carbons (Fsp3) is 0.412. The minimum absolute atomic E-state index is 0.255. The van der Waals surface area contributed by atoms with E-state index < -0.39 is 0 Å². The molecule has 1 atom stereocenters. The van der Waals surface area contributed by atoms with Gasteiger partial charge in [-0.25, -0.2) is 4.98 Å². The molecule has 2 aromatic rings. The Labute approximate surface area is 141 Å². The number of benzene rings is 1. The van der Waals surface area contributed by atoms with Crippen LogP contribution in [-0.2, 0) is 4.74 Å². The van der Waals surface area contributed by atoms with Crippen LogP contribution in [0.4, 0.5) is 17.5 Å². The van der Waals surface area contributed by atoms with Crippen LogP contribution in [0.3, 0.4) is 0 Å². The van der Waals surface area contributed by atoms with E-state index in [0.717, 1.165) is 48.8 Å². The molecule has 2 N–H and O–H groups in total. The number of anilines is 3. The lowest BCUT2D eigenvalue weighted by molar-refractivity contribution is 0.120. The molecule has 0 aliphatic carbocycles. The molecule has 0 saturated carbocycles. The van der Waals surface area contributed by atoms with Crippen LogP contribution in [0.5, 0.6) is 0 Å². The van der Waals surface area contributed by atoms with Crippen molar-refractivity contribution in [2.24, 2.45) is 0 Å². The number of hydrogen-bond donors (Lipinski definition) is 2. The van der Waals surface area contributed by atoms with Gasteiger partial charge >= 0.3 is 0 Å². The van der Waals surface area contributed by atoms with Gasteiger partial charge in [-0.3, -0.25) is 0 Å². The smallest absolute Gasteiger partial charge is 0.224 e. The summed E-state index contributed by atoms with van der Waals surface area (Å²) in [4.78, 5) is 8.96. The molecule has 0 amide bonds. The zero-order valence-corrected chi connectivity index (χ0v) is 14.2. The van der Waals surface area contributed by atoms with Crippen molar-refractivity contribution < 1.29 is 4.74 Å². The van der Waals surface area contributed by atoms with Gasteiger partial charge in [0.05, 0.1) is 6.10 Å². The quantitative estimate of drug-likeness (QED) is 0.864. The van der Waals surface area contributed by atoms with Crippen molar-refractivity contribution in [2.75, 3.05) is 23.8 Å². The third-order valence-corrected chi connectivity index (χ3v) is 4.06. The molecule has 1 aliphatic rings. The van der Waals surface area contributed by atoms with Gasteiger partial charge in [-0.2, -0.15) is 4.98 Å². The first-order valence-electron chi connectivity index (χ1n) is 7.84. The number of nitrogens with zero attached hydrogens (tertiary/aromatic N) is 2. The molecule has 1 aromatic heterocycles. The average Bonchev–Trinajstić information content (AvgIpc) is 3.02. The Bertz CT molecular complexity index is 686. The van der Waals surface area contributed by atoms with Gasteiger partial charge in [0.1, 0.15) is 5.82 Å². The molecule has 1 saturated heterocycles. The summed E-state index contributed by atoms with van der Waals surface area (Å²) in [6.07, 6.45) is 2.47. The number of ether oxygens (including phenoxy) is 1. The van der Waals surface area contributed by atoms with Crippen molar-refractivity contribution in [2.45, 2.75) is 32.8 Å². The van der Waals surface area contributed by atoms with E-state index in [2.05, 4.69) is 20.6 Å². The summed E-state index contributed by atoms with van der Waals surface area (Å²) >= 11 is 6.07. The largest absolute Gasteiger partial charge is 0.376 e. The Morgan fingerprint density at radius 3 is 2.91 bits per heavy atom. The molecule has 1 aliphatic heterocycles. The molecule has 23 heavy (non-hydrogen) atoms. The summed E-state index contributed by atoms with van der Waals surface area (Å²) in [5, 5.41) is 7.28. The third-order valence-electron chi connectivity index (χ3n) is 3.83. The molecular weight excluding hydrogens is 312 g/mol. The summed E-state index contributed by atoms with van der Waals surface area (Å²) in [5.41, 5.74) is 2.96. The maximum Gasteiger partial charge on any atom is 0.224 e. The minimum Gasteiger partial charge on any atom is -0.376 e. The predicted octanol–water partition coefficient (Wildman–Crippen LogP) is 4.08. The second-order valence-electron chi connectivity index (χ2n) is 5.82. The second kappa shape index (κ2) is 7.15. The molecule has 2 heterocycles. The van der Waals surface area contributed by atoms with Gasteiger partial charge in [-0.15, -0.1) is 0 Å². The Hall–Kier alpha value is -1.85. The SMILES string of the molecule is Cc1cc(Nc2cc(Cl)ccc2C)nc(NCC2CCCO2)n1. The highest BCUT2D eigenvalue weighted by atomic mass is 35.5. The van der Waals surface area contributed by atoms with E-state index in [1.807, 2.05) is 38.1 Å².